The Balaban J connectivity index is 1.86. The second kappa shape index (κ2) is 10.4. The first-order valence-electron chi connectivity index (χ1n) is 9.20. The zero-order valence-electron chi connectivity index (χ0n) is 16.4. The molecule has 1 aromatic carbocycles. The van der Waals surface area contributed by atoms with Gasteiger partial charge in [-0.3, -0.25) is 4.79 Å². The number of benzene rings is 1. The highest BCUT2D eigenvalue weighted by molar-refractivity contribution is 5.91. The minimum absolute atomic E-state index is 0.00564. The van der Waals surface area contributed by atoms with Crippen LogP contribution in [-0.4, -0.2) is 36.9 Å². The average molecular weight is 372 g/mol. The lowest BCUT2D eigenvalue weighted by atomic mass is 10.0. The molecule has 2 aromatic rings. The molecule has 0 aliphatic rings. The number of nitrogens with one attached hydrogen (secondary N) is 2. The lowest BCUT2D eigenvalue weighted by Gasteiger charge is -2.12. The summed E-state index contributed by atoms with van der Waals surface area (Å²) in [4.78, 5) is 12.1. The fourth-order valence-corrected chi connectivity index (χ4v) is 2.75. The van der Waals surface area contributed by atoms with Crippen molar-refractivity contribution in [3.05, 3.63) is 35.9 Å². The predicted molar refractivity (Wildman–Crippen MR) is 106 cm³/mol. The molecule has 2 rings (SSSR count). The first-order chi connectivity index (χ1) is 13.1. The number of aromatic nitrogens is 2. The Labute approximate surface area is 160 Å². The van der Waals surface area contributed by atoms with E-state index in [4.69, 9.17) is 9.47 Å². The zero-order valence-corrected chi connectivity index (χ0v) is 16.4. The number of ether oxygens (including phenoxy) is 2. The fraction of sp³-hybridized carbons (Fsp3) is 0.450. The Morgan fingerprint density at radius 2 is 1.67 bits per heavy atom. The van der Waals surface area contributed by atoms with E-state index in [1.165, 1.54) is 0 Å². The van der Waals surface area contributed by atoms with Crippen LogP contribution in [0, 0.1) is 5.92 Å². The summed E-state index contributed by atoms with van der Waals surface area (Å²) in [6.07, 6.45) is 2.42. The Kier molecular flexibility index (Phi) is 7.85. The van der Waals surface area contributed by atoms with Gasteiger partial charge in [0.1, 0.15) is 5.82 Å². The van der Waals surface area contributed by atoms with Crippen molar-refractivity contribution in [1.29, 1.82) is 0 Å². The van der Waals surface area contributed by atoms with Gasteiger partial charge in [-0.15, -0.1) is 10.2 Å². The smallest absolute Gasteiger partial charge is 0.228 e. The van der Waals surface area contributed by atoms with Crippen molar-refractivity contribution in [2.45, 2.75) is 33.1 Å². The summed E-state index contributed by atoms with van der Waals surface area (Å²) in [5.41, 5.74) is 1.13. The number of nitrogens with zero attached hydrogens (tertiary/aromatic N) is 2. The predicted octanol–water partition coefficient (Wildman–Crippen LogP) is 3.52. The van der Waals surface area contributed by atoms with Crippen molar-refractivity contribution in [1.82, 2.24) is 10.2 Å². The summed E-state index contributed by atoms with van der Waals surface area (Å²) in [5, 5.41) is 14.2. The van der Waals surface area contributed by atoms with Crippen molar-refractivity contribution >= 4 is 17.5 Å². The van der Waals surface area contributed by atoms with Gasteiger partial charge in [0.15, 0.2) is 17.3 Å². The van der Waals surface area contributed by atoms with Crippen molar-refractivity contribution in [2.24, 2.45) is 5.92 Å². The first-order valence-corrected chi connectivity index (χ1v) is 9.20. The maximum atomic E-state index is 12.1. The van der Waals surface area contributed by atoms with Gasteiger partial charge in [0.25, 0.3) is 0 Å². The van der Waals surface area contributed by atoms with Gasteiger partial charge in [0.2, 0.25) is 5.91 Å². The molecule has 7 nitrogen and oxygen atoms in total. The highest BCUT2D eigenvalue weighted by atomic mass is 16.5. The van der Waals surface area contributed by atoms with Crippen molar-refractivity contribution in [3.63, 3.8) is 0 Å². The highest BCUT2D eigenvalue weighted by Crippen LogP contribution is 2.27. The summed E-state index contributed by atoms with van der Waals surface area (Å²) >= 11 is 0. The molecular weight excluding hydrogens is 344 g/mol. The number of hydrogen-bond acceptors (Lipinski definition) is 6. The molecule has 1 aromatic heterocycles. The lowest BCUT2D eigenvalue weighted by Crippen LogP contribution is -2.22. The molecule has 0 radical (unpaired) electrons. The highest BCUT2D eigenvalue weighted by Gasteiger charge is 2.14. The number of carbonyl (C=O) groups is 1. The summed E-state index contributed by atoms with van der Waals surface area (Å²) in [5.74, 6) is 2.56. The molecule has 7 heteroatoms. The molecule has 27 heavy (non-hydrogen) atoms. The van der Waals surface area contributed by atoms with Gasteiger partial charge >= 0.3 is 0 Å². The van der Waals surface area contributed by atoms with Crippen LogP contribution in [0.4, 0.5) is 11.6 Å². The average Bonchev–Trinajstić information content (AvgIpc) is 2.70. The summed E-state index contributed by atoms with van der Waals surface area (Å²) < 4.78 is 10.6. The van der Waals surface area contributed by atoms with Crippen LogP contribution in [0.25, 0.3) is 0 Å². The van der Waals surface area contributed by atoms with E-state index in [9.17, 15) is 4.79 Å². The molecule has 0 bridgehead atoms. The van der Waals surface area contributed by atoms with E-state index in [0.717, 1.165) is 24.8 Å². The second-order valence-electron chi connectivity index (χ2n) is 6.17. The number of anilines is 2. The molecule has 0 aliphatic heterocycles. The molecule has 0 fully saturated rings. The Morgan fingerprint density at radius 3 is 2.26 bits per heavy atom. The molecule has 1 heterocycles. The third kappa shape index (κ3) is 5.84. The van der Waals surface area contributed by atoms with Crippen molar-refractivity contribution in [2.75, 3.05) is 31.4 Å². The molecule has 0 atom stereocenters. The molecule has 1 amide bonds. The van der Waals surface area contributed by atoms with Crippen LogP contribution in [-0.2, 0) is 11.2 Å². The number of methoxy groups -OCH3 is 2. The molecule has 0 spiro atoms. The number of hydrogen-bond donors (Lipinski definition) is 2. The normalized spacial score (nSPS) is 10.6. The van der Waals surface area contributed by atoms with Gasteiger partial charge < -0.3 is 20.1 Å². The van der Waals surface area contributed by atoms with Crippen molar-refractivity contribution < 1.29 is 14.3 Å². The number of rotatable bonds is 10. The Hall–Kier alpha value is -2.83. The molecular formula is C20H28N4O3. The molecule has 0 aliphatic carbocycles. The summed E-state index contributed by atoms with van der Waals surface area (Å²) in [7, 11) is 3.24. The van der Waals surface area contributed by atoms with Gasteiger partial charge in [-0.25, -0.2) is 0 Å². The van der Waals surface area contributed by atoms with Crippen LogP contribution in [0.1, 0.15) is 32.3 Å². The third-order valence-electron chi connectivity index (χ3n) is 4.44. The number of carbonyl (C=O) groups excluding carboxylic acids is 1. The lowest BCUT2D eigenvalue weighted by molar-refractivity contribution is -0.120. The monoisotopic (exact) mass is 372 g/mol. The van der Waals surface area contributed by atoms with Crippen LogP contribution in [0.3, 0.4) is 0 Å². The second-order valence-corrected chi connectivity index (χ2v) is 6.17. The molecule has 0 unspecified atom stereocenters. The summed E-state index contributed by atoms with van der Waals surface area (Å²) in [6, 6.07) is 9.43. The van der Waals surface area contributed by atoms with Crippen molar-refractivity contribution in [3.8, 4) is 11.5 Å². The Bertz CT molecular complexity index is 731. The Morgan fingerprint density at radius 1 is 1.00 bits per heavy atom. The molecule has 146 valence electrons. The largest absolute Gasteiger partial charge is 0.493 e. The summed E-state index contributed by atoms with van der Waals surface area (Å²) in [6.45, 7) is 4.71. The number of amides is 1. The van der Waals surface area contributed by atoms with E-state index in [1.807, 2.05) is 38.1 Å². The van der Waals surface area contributed by atoms with Gasteiger partial charge in [-0.1, -0.05) is 19.9 Å². The first kappa shape index (κ1) is 20.5. The minimum Gasteiger partial charge on any atom is -0.493 e. The van der Waals surface area contributed by atoms with E-state index in [2.05, 4.69) is 20.8 Å². The molecule has 2 N–H and O–H groups in total. The van der Waals surface area contributed by atoms with Crippen LogP contribution in [0.5, 0.6) is 11.5 Å². The molecule has 0 saturated heterocycles. The van der Waals surface area contributed by atoms with Gasteiger partial charge in [0.05, 0.1) is 14.2 Å². The zero-order chi connectivity index (χ0) is 19.6. The van der Waals surface area contributed by atoms with Gasteiger partial charge in [-0.2, -0.15) is 0 Å². The maximum Gasteiger partial charge on any atom is 0.228 e. The quantitative estimate of drug-likeness (QED) is 0.664. The van der Waals surface area contributed by atoms with Crippen LogP contribution in [0.2, 0.25) is 0 Å². The fourth-order valence-electron chi connectivity index (χ4n) is 2.75. The van der Waals surface area contributed by atoms with Crippen LogP contribution in [0.15, 0.2) is 30.3 Å². The van der Waals surface area contributed by atoms with E-state index < -0.39 is 0 Å². The van der Waals surface area contributed by atoms with Crippen LogP contribution >= 0.6 is 0 Å². The maximum absolute atomic E-state index is 12.1. The van der Waals surface area contributed by atoms with E-state index >= 15 is 0 Å². The van der Waals surface area contributed by atoms with Crippen LogP contribution < -0.4 is 20.1 Å². The molecule has 0 saturated carbocycles. The third-order valence-corrected chi connectivity index (χ3v) is 4.44. The SMILES string of the molecule is CCC(CC)C(=O)Nc1ccc(NCCc2ccc(OC)c(OC)c2)nn1. The van der Waals surface area contributed by atoms with E-state index in [0.29, 0.717) is 29.7 Å². The van der Waals surface area contributed by atoms with E-state index in [-0.39, 0.29) is 11.8 Å². The minimum atomic E-state index is -0.0107. The van der Waals surface area contributed by atoms with E-state index in [1.54, 1.807) is 20.3 Å². The van der Waals surface area contributed by atoms with Gasteiger partial charge in [-0.05, 0) is 49.1 Å². The topological polar surface area (TPSA) is 85.4 Å². The van der Waals surface area contributed by atoms with Gasteiger partial charge in [0, 0.05) is 12.5 Å². The standard InChI is InChI=1S/C20H28N4O3/c1-5-15(6-2)20(25)22-19-10-9-18(23-24-19)21-12-11-14-7-8-16(26-3)17(13-14)27-4/h7-10,13,15H,5-6,11-12H2,1-4H3,(H,21,23)(H,22,24,25).